The van der Waals surface area contributed by atoms with Crippen LogP contribution in [-0.2, 0) is 12.2 Å². The van der Waals surface area contributed by atoms with Crippen LogP contribution in [0.15, 0.2) is 29.2 Å². The Kier molecular flexibility index (Phi) is 4.12. The van der Waals surface area contributed by atoms with Crippen LogP contribution in [0.25, 0.3) is 0 Å². The van der Waals surface area contributed by atoms with Crippen LogP contribution in [0.1, 0.15) is 34.5 Å². The number of aryl methyl sites for hydroxylation is 1. The van der Waals surface area contributed by atoms with E-state index in [-0.39, 0.29) is 6.10 Å². The van der Waals surface area contributed by atoms with Crippen molar-refractivity contribution in [3.05, 3.63) is 44.9 Å². The molecule has 3 rings (SSSR count). The molecule has 0 amide bonds. The Morgan fingerprint density at radius 3 is 3.16 bits per heavy atom. The SMILES string of the molecule is OC1CCCc2nc(CSc3cccc(Cl)c3)sc21. The zero-order valence-corrected chi connectivity index (χ0v) is 12.7. The number of benzene rings is 1. The van der Waals surface area contributed by atoms with Crippen molar-refractivity contribution in [1.29, 1.82) is 0 Å². The number of thioether (sulfide) groups is 1. The van der Waals surface area contributed by atoms with Crippen molar-refractivity contribution >= 4 is 34.7 Å². The largest absolute Gasteiger partial charge is 0.388 e. The minimum Gasteiger partial charge on any atom is -0.388 e. The summed E-state index contributed by atoms with van der Waals surface area (Å²) in [6.45, 7) is 0. The maximum absolute atomic E-state index is 9.94. The fourth-order valence-electron chi connectivity index (χ4n) is 2.21. The molecule has 0 saturated heterocycles. The van der Waals surface area contributed by atoms with Crippen LogP contribution in [0.3, 0.4) is 0 Å². The van der Waals surface area contributed by atoms with E-state index >= 15 is 0 Å². The van der Waals surface area contributed by atoms with Crippen LogP contribution in [0.4, 0.5) is 0 Å². The van der Waals surface area contributed by atoms with Crippen LogP contribution < -0.4 is 0 Å². The van der Waals surface area contributed by atoms with Gasteiger partial charge in [0, 0.05) is 9.92 Å². The van der Waals surface area contributed by atoms with E-state index in [1.54, 1.807) is 23.1 Å². The molecule has 1 aromatic carbocycles. The van der Waals surface area contributed by atoms with Crippen molar-refractivity contribution in [2.24, 2.45) is 0 Å². The summed E-state index contributed by atoms with van der Waals surface area (Å²) in [5, 5.41) is 11.8. The number of hydrogen-bond donors (Lipinski definition) is 1. The molecule has 0 bridgehead atoms. The van der Waals surface area contributed by atoms with Gasteiger partial charge in [-0.3, -0.25) is 0 Å². The van der Waals surface area contributed by atoms with E-state index in [0.29, 0.717) is 0 Å². The summed E-state index contributed by atoms with van der Waals surface area (Å²) < 4.78 is 0. The van der Waals surface area contributed by atoms with Crippen molar-refractivity contribution < 1.29 is 5.11 Å². The third-order valence-electron chi connectivity index (χ3n) is 3.12. The Balaban J connectivity index is 1.71. The van der Waals surface area contributed by atoms with Gasteiger partial charge in [0.2, 0.25) is 0 Å². The first-order valence-electron chi connectivity index (χ1n) is 6.27. The molecule has 0 spiro atoms. The summed E-state index contributed by atoms with van der Waals surface area (Å²) in [6, 6.07) is 7.86. The van der Waals surface area contributed by atoms with Crippen molar-refractivity contribution in [3.8, 4) is 0 Å². The Morgan fingerprint density at radius 2 is 2.37 bits per heavy atom. The molecule has 5 heteroatoms. The fraction of sp³-hybridized carbons (Fsp3) is 0.357. The first-order valence-corrected chi connectivity index (χ1v) is 8.45. The lowest BCUT2D eigenvalue weighted by molar-refractivity contribution is 0.160. The van der Waals surface area contributed by atoms with E-state index in [2.05, 4.69) is 11.1 Å². The van der Waals surface area contributed by atoms with Gasteiger partial charge in [-0.05, 0) is 37.5 Å². The minimum absolute atomic E-state index is 0.300. The van der Waals surface area contributed by atoms with Crippen molar-refractivity contribution in [2.75, 3.05) is 0 Å². The monoisotopic (exact) mass is 311 g/mol. The van der Waals surface area contributed by atoms with E-state index in [1.807, 2.05) is 18.2 Å². The minimum atomic E-state index is -0.300. The number of rotatable bonds is 3. The summed E-state index contributed by atoms with van der Waals surface area (Å²) >= 11 is 9.35. The number of hydrogen-bond acceptors (Lipinski definition) is 4. The summed E-state index contributed by atoms with van der Waals surface area (Å²) in [7, 11) is 0. The molecule has 1 N–H and O–H groups in total. The Labute approximate surface area is 125 Å². The van der Waals surface area contributed by atoms with Crippen LogP contribution >= 0.6 is 34.7 Å². The highest BCUT2D eigenvalue weighted by molar-refractivity contribution is 7.98. The molecule has 0 radical (unpaired) electrons. The molecule has 2 nitrogen and oxygen atoms in total. The highest BCUT2D eigenvalue weighted by atomic mass is 35.5. The highest BCUT2D eigenvalue weighted by Gasteiger charge is 2.22. The molecule has 0 aliphatic heterocycles. The summed E-state index contributed by atoms with van der Waals surface area (Å²) in [6.07, 6.45) is 2.62. The maximum atomic E-state index is 9.94. The summed E-state index contributed by atoms with van der Waals surface area (Å²) in [5.74, 6) is 0.838. The number of thiazole rings is 1. The Bertz CT molecular complexity index is 585. The number of nitrogens with zero attached hydrogens (tertiary/aromatic N) is 1. The second kappa shape index (κ2) is 5.83. The van der Waals surface area contributed by atoms with Crippen LogP contribution in [0.5, 0.6) is 0 Å². The van der Waals surface area contributed by atoms with Crippen molar-refractivity contribution in [3.63, 3.8) is 0 Å². The fourth-order valence-corrected chi connectivity index (χ4v) is 4.55. The number of aromatic nitrogens is 1. The van der Waals surface area contributed by atoms with E-state index in [9.17, 15) is 5.11 Å². The molecule has 2 aromatic rings. The third kappa shape index (κ3) is 3.14. The maximum Gasteiger partial charge on any atom is 0.103 e. The zero-order valence-electron chi connectivity index (χ0n) is 10.3. The molecular weight excluding hydrogens is 298 g/mol. The molecule has 1 aliphatic rings. The second-order valence-corrected chi connectivity index (χ2v) is 7.17. The predicted molar refractivity (Wildman–Crippen MR) is 81.0 cm³/mol. The van der Waals surface area contributed by atoms with Crippen LogP contribution in [0.2, 0.25) is 5.02 Å². The molecule has 1 heterocycles. The molecule has 100 valence electrons. The lowest BCUT2D eigenvalue weighted by Gasteiger charge is -2.14. The first-order chi connectivity index (χ1) is 9.22. The lowest BCUT2D eigenvalue weighted by Crippen LogP contribution is -2.06. The van der Waals surface area contributed by atoms with E-state index in [0.717, 1.165) is 50.5 Å². The van der Waals surface area contributed by atoms with Gasteiger partial charge in [-0.15, -0.1) is 23.1 Å². The van der Waals surface area contributed by atoms with Gasteiger partial charge in [-0.1, -0.05) is 17.7 Å². The van der Waals surface area contributed by atoms with Crippen molar-refractivity contribution in [2.45, 2.75) is 36.0 Å². The molecule has 0 fully saturated rings. The second-order valence-electron chi connectivity index (χ2n) is 4.57. The molecule has 0 saturated carbocycles. The Hall–Kier alpha value is -0.550. The lowest BCUT2D eigenvalue weighted by atomic mass is 10.0. The van der Waals surface area contributed by atoms with Gasteiger partial charge in [0.1, 0.15) is 5.01 Å². The van der Waals surface area contributed by atoms with Gasteiger partial charge >= 0.3 is 0 Å². The Morgan fingerprint density at radius 1 is 1.47 bits per heavy atom. The number of halogens is 1. The van der Waals surface area contributed by atoms with Crippen LogP contribution in [0, 0.1) is 0 Å². The first kappa shape index (κ1) is 13.4. The summed E-state index contributed by atoms with van der Waals surface area (Å²) in [5.41, 5.74) is 1.10. The van der Waals surface area contributed by atoms with Crippen molar-refractivity contribution in [1.82, 2.24) is 4.98 Å². The van der Waals surface area contributed by atoms with Gasteiger partial charge in [0.15, 0.2) is 0 Å². The quantitative estimate of drug-likeness (QED) is 0.850. The van der Waals surface area contributed by atoms with E-state index in [1.165, 1.54) is 0 Å². The normalized spacial score (nSPS) is 18.3. The molecule has 19 heavy (non-hydrogen) atoms. The number of fused-ring (bicyclic) bond motifs is 1. The molecule has 1 atom stereocenters. The number of aliphatic hydroxyl groups excluding tert-OH is 1. The predicted octanol–water partition coefficient (Wildman–Crippen LogP) is 4.46. The zero-order chi connectivity index (χ0) is 13.2. The molecule has 1 aliphatic carbocycles. The van der Waals surface area contributed by atoms with Gasteiger partial charge in [0.25, 0.3) is 0 Å². The molecule has 1 aromatic heterocycles. The summed E-state index contributed by atoms with van der Waals surface area (Å²) in [4.78, 5) is 6.87. The average Bonchev–Trinajstić information content (AvgIpc) is 2.81. The molecular formula is C14H14ClNOS2. The average molecular weight is 312 g/mol. The third-order valence-corrected chi connectivity index (χ3v) is 5.75. The highest BCUT2D eigenvalue weighted by Crippen LogP contribution is 2.36. The van der Waals surface area contributed by atoms with Gasteiger partial charge in [0.05, 0.1) is 22.4 Å². The van der Waals surface area contributed by atoms with Gasteiger partial charge in [-0.2, -0.15) is 0 Å². The van der Waals surface area contributed by atoms with Crippen LogP contribution in [-0.4, -0.2) is 10.1 Å². The molecule has 1 unspecified atom stereocenters. The number of aliphatic hydroxyl groups is 1. The topological polar surface area (TPSA) is 33.1 Å². The smallest absolute Gasteiger partial charge is 0.103 e. The van der Waals surface area contributed by atoms with E-state index < -0.39 is 0 Å². The standard InChI is InChI=1S/C14H14ClNOS2/c15-9-3-1-4-10(7-9)18-8-13-16-11-5-2-6-12(17)14(11)19-13/h1,3-4,7,12,17H,2,5-6,8H2. The van der Waals surface area contributed by atoms with E-state index in [4.69, 9.17) is 11.6 Å². The van der Waals surface area contributed by atoms with Gasteiger partial charge < -0.3 is 5.11 Å². The van der Waals surface area contributed by atoms with Gasteiger partial charge in [-0.25, -0.2) is 4.98 Å².